The third-order valence-corrected chi connectivity index (χ3v) is 4.89. The number of carboxylic acid groups (broad SMARTS) is 1. The van der Waals surface area contributed by atoms with Crippen LogP contribution in [0.5, 0.6) is 0 Å². The fourth-order valence-electron chi connectivity index (χ4n) is 3.14. The van der Waals surface area contributed by atoms with Crippen molar-refractivity contribution in [3.8, 4) is 0 Å². The van der Waals surface area contributed by atoms with E-state index in [0.29, 0.717) is 18.0 Å². The topological polar surface area (TPSA) is 52.6 Å². The number of anilines is 1. The molecule has 0 bridgehead atoms. The van der Waals surface area contributed by atoms with Crippen molar-refractivity contribution in [1.29, 1.82) is 0 Å². The Hall–Kier alpha value is -1.85. The standard InChI is InChI=1S/C19H21BrN2O2/c20-17-5-2-6-18(10-17)22-8-7-15(13-22)12-21-11-14-3-1-4-16(9-14)19(23)24/h1-6,9-10,15,21H,7-8,11-13H2,(H,23,24). The number of rotatable bonds is 6. The van der Waals surface area contributed by atoms with E-state index in [1.807, 2.05) is 12.1 Å². The molecule has 1 fully saturated rings. The van der Waals surface area contributed by atoms with Gasteiger partial charge in [-0.15, -0.1) is 0 Å². The van der Waals surface area contributed by atoms with Crippen molar-refractivity contribution in [3.05, 3.63) is 64.1 Å². The molecule has 2 aromatic rings. The zero-order valence-corrected chi connectivity index (χ0v) is 15.0. The smallest absolute Gasteiger partial charge is 0.335 e. The quantitative estimate of drug-likeness (QED) is 0.790. The largest absolute Gasteiger partial charge is 0.478 e. The lowest BCUT2D eigenvalue weighted by Gasteiger charge is -2.19. The summed E-state index contributed by atoms with van der Waals surface area (Å²) < 4.78 is 1.11. The Kier molecular flexibility index (Phi) is 5.53. The summed E-state index contributed by atoms with van der Waals surface area (Å²) in [5.41, 5.74) is 2.62. The highest BCUT2D eigenvalue weighted by Gasteiger charge is 2.22. The van der Waals surface area contributed by atoms with Gasteiger partial charge in [-0.2, -0.15) is 0 Å². The van der Waals surface area contributed by atoms with Gasteiger partial charge in [0.1, 0.15) is 0 Å². The molecule has 0 aliphatic carbocycles. The normalized spacial score (nSPS) is 17.2. The Morgan fingerprint density at radius 1 is 1.25 bits per heavy atom. The Morgan fingerprint density at radius 2 is 2.08 bits per heavy atom. The van der Waals surface area contributed by atoms with Crippen LogP contribution in [0.25, 0.3) is 0 Å². The Bertz CT molecular complexity index is 720. The minimum atomic E-state index is -0.877. The van der Waals surface area contributed by atoms with Crippen molar-refractivity contribution < 1.29 is 9.90 Å². The summed E-state index contributed by atoms with van der Waals surface area (Å²) in [5, 5.41) is 12.5. The number of carboxylic acids is 1. The first-order chi connectivity index (χ1) is 11.6. The van der Waals surface area contributed by atoms with Crippen molar-refractivity contribution in [2.45, 2.75) is 13.0 Å². The first kappa shape index (κ1) is 17.0. The number of hydrogen-bond acceptors (Lipinski definition) is 3. The molecule has 0 aromatic heterocycles. The van der Waals surface area contributed by atoms with Crippen LogP contribution >= 0.6 is 15.9 Å². The van der Waals surface area contributed by atoms with Crippen LogP contribution in [0.2, 0.25) is 0 Å². The van der Waals surface area contributed by atoms with Crippen LogP contribution in [-0.4, -0.2) is 30.7 Å². The number of aromatic carboxylic acids is 1. The van der Waals surface area contributed by atoms with E-state index in [4.69, 9.17) is 5.11 Å². The second kappa shape index (κ2) is 7.81. The maximum Gasteiger partial charge on any atom is 0.335 e. The zero-order valence-electron chi connectivity index (χ0n) is 13.4. The summed E-state index contributed by atoms with van der Waals surface area (Å²) in [7, 11) is 0. The second-order valence-electron chi connectivity index (χ2n) is 6.22. The molecule has 4 nitrogen and oxygen atoms in total. The molecule has 126 valence electrons. The third kappa shape index (κ3) is 4.36. The third-order valence-electron chi connectivity index (χ3n) is 4.40. The van der Waals surface area contributed by atoms with Crippen LogP contribution in [0.4, 0.5) is 5.69 Å². The van der Waals surface area contributed by atoms with Gasteiger partial charge in [0.25, 0.3) is 0 Å². The second-order valence-corrected chi connectivity index (χ2v) is 7.13. The van der Waals surface area contributed by atoms with Gasteiger partial charge in [-0.25, -0.2) is 4.79 Å². The lowest BCUT2D eigenvalue weighted by atomic mass is 10.1. The molecule has 0 radical (unpaired) electrons. The van der Waals surface area contributed by atoms with E-state index in [2.05, 4.69) is 44.3 Å². The molecule has 0 amide bonds. The summed E-state index contributed by atoms with van der Waals surface area (Å²) in [5.74, 6) is -0.260. The molecule has 1 atom stereocenters. The maximum atomic E-state index is 11.0. The van der Waals surface area contributed by atoms with E-state index < -0.39 is 5.97 Å². The monoisotopic (exact) mass is 388 g/mol. The Morgan fingerprint density at radius 3 is 2.88 bits per heavy atom. The maximum absolute atomic E-state index is 11.0. The predicted molar refractivity (Wildman–Crippen MR) is 99.6 cm³/mol. The summed E-state index contributed by atoms with van der Waals surface area (Å²) in [6, 6.07) is 15.5. The molecule has 1 aliphatic rings. The highest BCUT2D eigenvalue weighted by Crippen LogP contribution is 2.26. The van der Waals surface area contributed by atoms with Gasteiger partial charge in [0.05, 0.1) is 5.56 Å². The molecule has 24 heavy (non-hydrogen) atoms. The van der Waals surface area contributed by atoms with E-state index in [0.717, 1.165) is 29.7 Å². The average molecular weight is 389 g/mol. The molecule has 1 unspecified atom stereocenters. The number of nitrogens with one attached hydrogen (secondary N) is 1. The van der Waals surface area contributed by atoms with Gasteiger partial charge in [-0.3, -0.25) is 0 Å². The Labute approximate surface area is 150 Å². The van der Waals surface area contributed by atoms with E-state index in [-0.39, 0.29) is 0 Å². The molecule has 2 N–H and O–H groups in total. The van der Waals surface area contributed by atoms with Crippen molar-refractivity contribution >= 4 is 27.6 Å². The van der Waals surface area contributed by atoms with Crippen LogP contribution in [0.3, 0.4) is 0 Å². The van der Waals surface area contributed by atoms with Crippen LogP contribution in [-0.2, 0) is 6.54 Å². The van der Waals surface area contributed by atoms with Gasteiger partial charge in [0, 0.05) is 36.3 Å². The number of nitrogens with zero attached hydrogens (tertiary/aromatic N) is 1. The van der Waals surface area contributed by atoms with Gasteiger partial charge < -0.3 is 15.3 Å². The van der Waals surface area contributed by atoms with Crippen LogP contribution < -0.4 is 10.2 Å². The van der Waals surface area contributed by atoms with Gasteiger partial charge in [-0.05, 0) is 48.2 Å². The van der Waals surface area contributed by atoms with Gasteiger partial charge >= 0.3 is 5.97 Å². The molecule has 1 heterocycles. The molecule has 5 heteroatoms. The van der Waals surface area contributed by atoms with E-state index >= 15 is 0 Å². The molecule has 3 rings (SSSR count). The Balaban J connectivity index is 1.48. The lowest BCUT2D eigenvalue weighted by Crippen LogP contribution is -2.26. The molecule has 2 aromatic carbocycles. The molecular formula is C19H21BrN2O2. The van der Waals surface area contributed by atoms with Crippen molar-refractivity contribution in [2.75, 3.05) is 24.5 Å². The molecule has 0 spiro atoms. The highest BCUT2D eigenvalue weighted by molar-refractivity contribution is 9.10. The van der Waals surface area contributed by atoms with E-state index in [1.165, 1.54) is 12.1 Å². The van der Waals surface area contributed by atoms with Crippen molar-refractivity contribution in [2.24, 2.45) is 5.92 Å². The zero-order chi connectivity index (χ0) is 16.9. The van der Waals surface area contributed by atoms with E-state index in [1.54, 1.807) is 18.2 Å². The lowest BCUT2D eigenvalue weighted by molar-refractivity contribution is 0.0696. The van der Waals surface area contributed by atoms with Crippen LogP contribution in [0, 0.1) is 5.92 Å². The molecular weight excluding hydrogens is 368 g/mol. The molecule has 0 saturated carbocycles. The number of benzene rings is 2. The van der Waals surface area contributed by atoms with Crippen LogP contribution in [0.15, 0.2) is 53.0 Å². The molecule has 1 aliphatic heterocycles. The van der Waals surface area contributed by atoms with Crippen LogP contribution in [0.1, 0.15) is 22.3 Å². The fraction of sp³-hybridized carbons (Fsp3) is 0.316. The van der Waals surface area contributed by atoms with Gasteiger partial charge in [0.2, 0.25) is 0 Å². The highest BCUT2D eigenvalue weighted by atomic mass is 79.9. The SMILES string of the molecule is O=C(O)c1cccc(CNCC2CCN(c3cccc(Br)c3)C2)c1. The first-order valence-corrected chi connectivity index (χ1v) is 8.94. The predicted octanol–water partition coefficient (Wildman–Crippen LogP) is 3.76. The minimum absolute atomic E-state index is 0.344. The van der Waals surface area contributed by atoms with E-state index in [9.17, 15) is 4.79 Å². The van der Waals surface area contributed by atoms with Crippen molar-refractivity contribution in [1.82, 2.24) is 5.32 Å². The summed E-state index contributed by atoms with van der Waals surface area (Å²) in [6.07, 6.45) is 1.18. The minimum Gasteiger partial charge on any atom is -0.478 e. The number of carbonyl (C=O) groups is 1. The number of hydrogen-bond donors (Lipinski definition) is 2. The average Bonchev–Trinajstić information content (AvgIpc) is 3.04. The fourth-order valence-corrected chi connectivity index (χ4v) is 3.53. The summed E-state index contributed by atoms with van der Waals surface area (Å²) >= 11 is 3.53. The first-order valence-electron chi connectivity index (χ1n) is 8.15. The van der Waals surface area contributed by atoms with Crippen molar-refractivity contribution in [3.63, 3.8) is 0 Å². The number of halogens is 1. The van der Waals surface area contributed by atoms with Gasteiger partial charge in [0.15, 0.2) is 0 Å². The molecule has 1 saturated heterocycles. The summed E-state index contributed by atoms with van der Waals surface area (Å²) in [4.78, 5) is 13.4. The van der Waals surface area contributed by atoms with Gasteiger partial charge in [-0.1, -0.05) is 34.1 Å². The summed E-state index contributed by atoms with van der Waals surface area (Å²) in [6.45, 7) is 3.78.